The second-order valence-electron chi connectivity index (χ2n) is 6.97. The van der Waals surface area contributed by atoms with E-state index in [9.17, 15) is 9.59 Å². The molecule has 1 aromatic carbocycles. The number of amides is 1. The van der Waals surface area contributed by atoms with Crippen molar-refractivity contribution in [3.05, 3.63) is 41.2 Å². The summed E-state index contributed by atoms with van der Waals surface area (Å²) in [6.07, 6.45) is 8.37. The average Bonchev–Trinajstić information content (AvgIpc) is 3.34. The maximum absolute atomic E-state index is 12.1. The Balaban J connectivity index is 1.51. The van der Waals surface area contributed by atoms with E-state index >= 15 is 0 Å². The Kier molecular flexibility index (Phi) is 6.66. The van der Waals surface area contributed by atoms with E-state index in [0.29, 0.717) is 18.2 Å². The van der Waals surface area contributed by atoms with Crippen LogP contribution < -0.4 is 5.32 Å². The van der Waals surface area contributed by atoms with Gasteiger partial charge < -0.3 is 9.88 Å². The van der Waals surface area contributed by atoms with Gasteiger partial charge in [-0.3, -0.25) is 9.59 Å². The fraction of sp³-hybridized carbons (Fsp3) is 0.500. The molecular formula is C20H26N4O2S. The van der Waals surface area contributed by atoms with Crippen LogP contribution in [-0.2, 0) is 11.2 Å². The summed E-state index contributed by atoms with van der Waals surface area (Å²) < 4.78 is 2.27. The Morgan fingerprint density at radius 3 is 2.56 bits per heavy atom. The molecule has 1 saturated carbocycles. The van der Waals surface area contributed by atoms with Crippen molar-refractivity contribution >= 4 is 23.5 Å². The lowest BCUT2D eigenvalue weighted by atomic mass is 10.1. The number of rotatable bonds is 8. The van der Waals surface area contributed by atoms with Crippen molar-refractivity contribution in [2.45, 2.75) is 56.6 Å². The topological polar surface area (TPSA) is 76.9 Å². The third kappa shape index (κ3) is 4.77. The molecule has 3 rings (SSSR count). The van der Waals surface area contributed by atoms with Crippen molar-refractivity contribution in [3.8, 4) is 0 Å². The van der Waals surface area contributed by atoms with Crippen LogP contribution >= 0.6 is 11.8 Å². The quantitative estimate of drug-likeness (QED) is 0.326. The molecule has 6 nitrogen and oxygen atoms in total. The zero-order chi connectivity index (χ0) is 19.2. The molecule has 0 saturated heterocycles. The van der Waals surface area contributed by atoms with Crippen LogP contribution in [-0.4, -0.2) is 39.3 Å². The number of hydrogen-bond donors (Lipinski definition) is 1. The first-order chi connectivity index (χ1) is 13.1. The number of thioether (sulfide) groups is 1. The normalized spacial score (nSPS) is 14.4. The van der Waals surface area contributed by atoms with E-state index in [1.807, 2.05) is 25.3 Å². The number of benzene rings is 1. The minimum absolute atomic E-state index is 0.420. The average molecular weight is 387 g/mol. The van der Waals surface area contributed by atoms with Gasteiger partial charge in [-0.15, -0.1) is 10.2 Å². The van der Waals surface area contributed by atoms with Crippen LogP contribution in [0.15, 0.2) is 29.4 Å². The highest BCUT2D eigenvalue weighted by molar-refractivity contribution is 7.98. The molecule has 144 valence electrons. The SMILES string of the molecule is CSc1nnc(CCCNC(=O)C(=O)c2ccc(C)cc2)n1C1CCCC1. The van der Waals surface area contributed by atoms with Crippen LogP contribution in [0.5, 0.6) is 0 Å². The predicted octanol–water partition coefficient (Wildman–Crippen LogP) is 3.36. The maximum Gasteiger partial charge on any atom is 0.292 e. The molecule has 0 spiro atoms. The minimum atomic E-state index is -0.555. The first-order valence-corrected chi connectivity index (χ1v) is 10.7. The molecule has 0 bridgehead atoms. The molecular weight excluding hydrogens is 360 g/mol. The van der Waals surface area contributed by atoms with Crippen molar-refractivity contribution in [2.24, 2.45) is 0 Å². The summed E-state index contributed by atoms with van der Waals surface area (Å²) >= 11 is 1.62. The van der Waals surface area contributed by atoms with E-state index in [4.69, 9.17) is 0 Å². The van der Waals surface area contributed by atoms with E-state index in [0.717, 1.165) is 29.4 Å². The van der Waals surface area contributed by atoms with Gasteiger partial charge in [0.2, 0.25) is 5.78 Å². The molecule has 27 heavy (non-hydrogen) atoms. The third-order valence-corrected chi connectivity index (χ3v) is 5.63. The van der Waals surface area contributed by atoms with Gasteiger partial charge in [-0.05, 0) is 32.4 Å². The van der Waals surface area contributed by atoms with Crippen LogP contribution in [0.3, 0.4) is 0 Å². The summed E-state index contributed by atoms with van der Waals surface area (Å²) in [5.74, 6) is -0.0694. The largest absolute Gasteiger partial charge is 0.349 e. The fourth-order valence-corrected chi connectivity index (χ4v) is 4.08. The molecule has 0 atom stereocenters. The van der Waals surface area contributed by atoms with Gasteiger partial charge in [0.25, 0.3) is 5.91 Å². The molecule has 1 aliphatic rings. The highest BCUT2D eigenvalue weighted by Crippen LogP contribution is 2.33. The second-order valence-corrected chi connectivity index (χ2v) is 7.74. The third-order valence-electron chi connectivity index (χ3n) is 4.99. The number of carbonyl (C=O) groups excluding carboxylic acids is 2. The summed E-state index contributed by atoms with van der Waals surface area (Å²) in [4.78, 5) is 24.2. The Bertz CT molecular complexity index is 795. The Labute approximate surface area is 164 Å². The molecule has 2 aromatic rings. The van der Waals surface area contributed by atoms with Gasteiger partial charge in [0.15, 0.2) is 5.16 Å². The Morgan fingerprint density at radius 1 is 1.19 bits per heavy atom. The molecule has 1 aromatic heterocycles. The van der Waals surface area contributed by atoms with Crippen LogP contribution in [0.25, 0.3) is 0 Å². The molecule has 1 heterocycles. The van der Waals surface area contributed by atoms with Crippen molar-refractivity contribution < 1.29 is 9.59 Å². The Hall–Kier alpha value is -2.15. The Morgan fingerprint density at radius 2 is 1.89 bits per heavy atom. The minimum Gasteiger partial charge on any atom is -0.349 e. The maximum atomic E-state index is 12.1. The highest BCUT2D eigenvalue weighted by Gasteiger charge is 2.23. The molecule has 0 radical (unpaired) electrons. The van der Waals surface area contributed by atoms with Gasteiger partial charge in [-0.1, -0.05) is 54.4 Å². The molecule has 0 aliphatic heterocycles. The smallest absolute Gasteiger partial charge is 0.292 e. The van der Waals surface area contributed by atoms with Gasteiger partial charge in [-0.25, -0.2) is 0 Å². The van der Waals surface area contributed by atoms with Gasteiger partial charge in [-0.2, -0.15) is 0 Å². The van der Waals surface area contributed by atoms with E-state index < -0.39 is 11.7 Å². The van der Waals surface area contributed by atoms with E-state index in [1.165, 1.54) is 25.7 Å². The summed E-state index contributed by atoms with van der Waals surface area (Å²) in [5, 5.41) is 12.3. The summed E-state index contributed by atoms with van der Waals surface area (Å²) in [5.41, 5.74) is 1.48. The van der Waals surface area contributed by atoms with E-state index in [2.05, 4.69) is 20.1 Å². The molecule has 1 amide bonds. The van der Waals surface area contributed by atoms with E-state index in [-0.39, 0.29) is 0 Å². The second kappa shape index (κ2) is 9.17. The van der Waals surface area contributed by atoms with Crippen molar-refractivity contribution in [1.82, 2.24) is 20.1 Å². The highest BCUT2D eigenvalue weighted by atomic mass is 32.2. The van der Waals surface area contributed by atoms with Gasteiger partial charge in [0.1, 0.15) is 5.82 Å². The number of ketones is 1. The fourth-order valence-electron chi connectivity index (χ4n) is 3.51. The zero-order valence-corrected chi connectivity index (χ0v) is 16.7. The lowest BCUT2D eigenvalue weighted by Gasteiger charge is -2.16. The standard InChI is InChI=1S/C20H26N4O2S/c1-14-9-11-15(12-10-14)18(25)19(26)21-13-5-8-17-22-23-20(27-2)24(17)16-6-3-4-7-16/h9-12,16H,3-8,13H2,1-2H3,(H,21,26). The van der Waals surface area contributed by atoms with Gasteiger partial charge >= 0.3 is 0 Å². The molecule has 7 heteroatoms. The first-order valence-electron chi connectivity index (χ1n) is 9.47. The van der Waals surface area contributed by atoms with Crippen molar-refractivity contribution in [2.75, 3.05) is 12.8 Å². The number of Topliss-reactive ketones (excluding diaryl/α,β-unsaturated/α-hetero) is 1. The van der Waals surface area contributed by atoms with Gasteiger partial charge in [0.05, 0.1) is 0 Å². The van der Waals surface area contributed by atoms with Crippen LogP contribution in [0.2, 0.25) is 0 Å². The number of nitrogens with one attached hydrogen (secondary N) is 1. The number of aryl methyl sites for hydroxylation is 2. The molecule has 1 N–H and O–H groups in total. The number of hydrogen-bond acceptors (Lipinski definition) is 5. The number of carbonyl (C=O) groups is 2. The zero-order valence-electron chi connectivity index (χ0n) is 15.9. The summed E-state index contributed by atoms with van der Waals surface area (Å²) in [6, 6.07) is 7.53. The summed E-state index contributed by atoms with van der Waals surface area (Å²) in [6.45, 7) is 2.39. The van der Waals surface area contributed by atoms with Crippen molar-refractivity contribution in [3.63, 3.8) is 0 Å². The van der Waals surface area contributed by atoms with Crippen LogP contribution in [0.1, 0.15) is 59.9 Å². The van der Waals surface area contributed by atoms with Crippen molar-refractivity contribution in [1.29, 1.82) is 0 Å². The van der Waals surface area contributed by atoms with Crippen LogP contribution in [0.4, 0.5) is 0 Å². The summed E-state index contributed by atoms with van der Waals surface area (Å²) in [7, 11) is 0. The number of aromatic nitrogens is 3. The lowest BCUT2D eigenvalue weighted by molar-refractivity contribution is -0.117. The van der Waals surface area contributed by atoms with E-state index in [1.54, 1.807) is 23.9 Å². The van der Waals surface area contributed by atoms with Crippen LogP contribution in [0, 0.1) is 6.92 Å². The van der Waals surface area contributed by atoms with Gasteiger partial charge in [0, 0.05) is 24.6 Å². The lowest BCUT2D eigenvalue weighted by Crippen LogP contribution is -2.32. The molecule has 0 unspecified atom stereocenters. The number of nitrogens with zero attached hydrogens (tertiary/aromatic N) is 3. The molecule has 1 fully saturated rings. The monoisotopic (exact) mass is 386 g/mol. The predicted molar refractivity (Wildman–Crippen MR) is 106 cm³/mol. The first kappa shape index (κ1) is 19.6. The molecule has 1 aliphatic carbocycles.